The Balaban J connectivity index is 1.72. The molecule has 1 aliphatic carbocycles. The van der Waals surface area contributed by atoms with Gasteiger partial charge in [-0.15, -0.1) is 0 Å². The number of aryl methyl sites for hydroxylation is 2. The van der Waals surface area contributed by atoms with Crippen molar-refractivity contribution >= 4 is 11.9 Å². The van der Waals surface area contributed by atoms with Gasteiger partial charge in [0.1, 0.15) is 6.04 Å². The van der Waals surface area contributed by atoms with Gasteiger partial charge >= 0.3 is 5.97 Å². The number of amides is 1. The minimum Gasteiger partial charge on any atom is -0.480 e. The van der Waals surface area contributed by atoms with Crippen molar-refractivity contribution in [1.82, 2.24) is 14.7 Å². The third kappa shape index (κ3) is 2.86. The van der Waals surface area contributed by atoms with E-state index < -0.39 is 12.0 Å². The summed E-state index contributed by atoms with van der Waals surface area (Å²) in [7, 11) is 0. The van der Waals surface area contributed by atoms with Crippen LogP contribution in [0, 0.1) is 25.7 Å². The van der Waals surface area contributed by atoms with Gasteiger partial charge in [0.15, 0.2) is 0 Å². The normalized spacial score (nSPS) is 28.0. The highest BCUT2D eigenvalue weighted by molar-refractivity contribution is 5.85. The Morgan fingerprint density at radius 1 is 1.39 bits per heavy atom. The van der Waals surface area contributed by atoms with Crippen LogP contribution in [0.4, 0.5) is 0 Å². The second kappa shape index (κ2) is 5.98. The van der Waals surface area contributed by atoms with Crippen LogP contribution in [-0.2, 0) is 9.59 Å². The molecule has 0 spiro atoms. The van der Waals surface area contributed by atoms with E-state index in [2.05, 4.69) is 5.10 Å². The van der Waals surface area contributed by atoms with Gasteiger partial charge in [0.25, 0.3) is 0 Å². The second-order valence-electron chi connectivity index (χ2n) is 7.11. The number of carboxylic acid groups (broad SMARTS) is 1. The molecular weight excluding hydrogens is 294 g/mol. The molecule has 0 aromatic carbocycles. The van der Waals surface area contributed by atoms with Gasteiger partial charge in [-0.3, -0.25) is 9.48 Å². The topological polar surface area (TPSA) is 75.4 Å². The number of fused-ring (bicyclic) bond motifs is 1. The molecule has 0 radical (unpaired) electrons. The van der Waals surface area contributed by atoms with Crippen molar-refractivity contribution in [3.05, 3.63) is 17.5 Å². The van der Waals surface area contributed by atoms with E-state index in [4.69, 9.17) is 0 Å². The summed E-state index contributed by atoms with van der Waals surface area (Å²) < 4.78 is 1.86. The minimum atomic E-state index is -0.855. The van der Waals surface area contributed by atoms with Crippen molar-refractivity contribution in [2.45, 2.75) is 58.5 Å². The molecule has 23 heavy (non-hydrogen) atoms. The van der Waals surface area contributed by atoms with E-state index in [0.717, 1.165) is 30.7 Å². The van der Waals surface area contributed by atoms with Crippen LogP contribution < -0.4 is 0 Å². The molecule has 1 saturated heterocycles. The van der Waals surface area contributed by atoms with Gasteiger partial charge in [-0.25, -0.2) is 4.79 Å². The molecule has 126 valence electrons. The van der Waals surface area contributed by atoms with Crippen molar-refractivity contribution in [2.75, 3.05) is 6.54 Å². The number of nitrogens with zero attached hydrogens (tertiary/aromatic N) is 3. The SMILES string of the molecule is Cc1cc(C)n([C@H](C)CC(=O)N2C[C@@H]3CCC[C@@H]3[C@@H]2C(=O)O)n1. The lowest BCUT2D eigenvalue weighted by atomic mass is 9.94. The van der Waals surface area contributed by atoms with Gasteiger partial charge in [-0.2, -0.15) is 5.10 Å². The quantitative estimate of drug-likeness (QED) is 0.923. The highest BCUT2D eigenvalue weighted by Crippen LogP contribution is 2.42. The number of carboxylic acids is 1. The molecule has 1 aromatic rings. The van der Waals surface area contributed by atoms with Crippen molar-refractivity contribution in [1.29, 1.82) is 0 Å². The fourth-order valence-electron chi connectivity index (χ4n) is 4.43. The first kappa shape index (κ1) is 16.0. The van der Waals surface area contributed by atoms with Crippen molar-refractivity contribution < 1.29 is 14.7 Å². The Bertz CT molecular complexity index is 625. The zero-order chi connectivity index (χ0) is 16.7. The maximum atomic E-state index is 12.7. The summed E-state index contributed by atoms with van der Waals surface area (Å²) in [6, 6.07) is 1.29. The number of aromatic nitrogens is 2. The van der Waals surface area contributed by atoms with Gasteiger partial charge in [-0.05, 0) is 51.5 Å². The second-order valence-corrected chi connectivity index (χ2v) is 7.11. The van der Waals surface area contributed by atoms with Crippen LogP contribution in [0.15, 0.2) is 6.07 Å². The molecule has 6 heteroatoms. The lowest BCUT2D eigenvalue weighted by Gasteiger charge is -2.26. The Hall–Kier alpha value is -1.85. The molecular formula is C17H25N3O3. The molecule has 2 aliphatic rings. The van der Waals surface area contributed by atoms with Crippen LogP contribution >= 0.6 is 0 Å². The Morgan fingerprint density at radius 2 is 2.13 bits per heavy atom. The summed E-state index contributed by atoms with van der Waals surface area (Å²) in [6.07, 6.45) is 3.36. The van der Waals surface area contributed by atoms with Crippen LogP contribution in [0.3, 0.4) is 0 Å². The van der Waals surface area contributed by atoms with Crippen molar-refractivity contribution in [3.63, 3.8) is 0 Å². The largest absolute Gasteiger partial charge is 0.480 e. The monoisotopic (exact) mass is 319 g/mol. The molecule has 1 aliphatic heterocycles. The van der Waals surface area contributed by atoms with Crippen LogP contribution in [-0.4, -0.2) is 44.3 Å². The van der Waals surface area contributed by atoms with Crippen LogP contribution in [0.5, 0.6) is 0 Å². The average molecular weight is 319 g/mol. The molecule has 6 nitrogen and oxygen atoms in total. The number of rotatable bonds is 4. The smallest absolute Gasteiger partial charge is 0.326 e. The van der Waals surface area contributed by atoms with Crippen molar-refractivity contribution in [2.24, 2.45) is 11.8 Å². The zero-order valence-corrected chi connectivity index (χ0v) is 14.0. The number of aliphatic carboxylic acids is 1. The summed E-state index contributed by atoms with van der Waals surface area (Å²) in [5.41, 5.74) is 1.96. The van der Waals surface area contributed by atoms with Crippen molar-refractivity contribution in [3.8, 4) is 0 Å². The first-order chi connectivity index (χ1) is 10.9. The van der Waals surface area contributed by atoms with E-state index >= 15 is 0 Å². The molecule has 4 atom stereocenters. The molecule has 2 heterocycles. The van der Waals surface area contributed by atoms with Crippen LogP contribution in [0.2, 0.25) is 0 Å². The predicted octanol–water partition coefficient (Wildman–Crippen LogP) is 2.16. The van der Waals surface area contributed by atoms with E-state index in [1.54, 1.807) is 4.90 Å². The Kier molecular flexibility index (Phi) is 4.17. The number of hydrogen-bond donors (Lipinski definition) is 1. The molecule has 3 rings (SSSR count). The fraction of sp³-hybridized carbons (Fsp3) is 0.706. The minimum absolute atomic E-state index is 0.0631. The van der Waals surface area contributed by atoms with Gasteiger partial charge in [-0.1, -0.05) is 6.42 Å². The van der Waals surface area contributed by atoms with Crippen LogP contribution in [0.25, 0.3) is 0 Å². The van der Waals surface area contributed by atoms with E-state index in [1.807, 2.05) is 31.5 Å². The van der Waals surface area contributed by atoms with Gasteiger partial charge < -0.3 is 10.0 Å². The highest BCUT2D eigenvalue weighted by atomic mass is 16.4. The van der Waals surface area contributed by atoms with Gasteiger partial charge in [0.2, 0.25) is 5.91 Å². The number of likely N-dealkylation sites (tertiary alicyclic amines) is 1. The first-order valence-electron chi connectivity index (χ1n) is 8.43. The molecule has 2 fully saturated rings. The molecule has 1 N–H and O–H groups in total. The third-order valence-corrected chi connectivity index (χ3v) is 5.40. The number of carbonyl (C=O) groups excluding carboxylic acids is 1. The number of carbonyl (C=O) groups is 2. The molecule has 0 bridgehead atoms. The van der Waals surface area contributed by atoms with Gasteiger partial charge in [0, 0.05) is 18.7 Å². The summed E-state index contributed by atoms with van der Waals surface area (Å²) in [6.45, 7) is 6.47. The summed E-state index contributed by atoms with van der Waals surface area (Å²) in [4.78, 5) is 26.0. The summed E-state index contributed by atoms with van der Waals surface area (Å²) >= 11 is 0. The van der Waals surface area contributed by atoms with Crippen LogP contribution in [0.1, 0.15) is 50.0 Å². The zero-order valence-electron chi connectivity index (χ0n) is 14.0. The van der Waals surface area contributed by atoms with E-state index in [0.29, 0.717) is 18.9 Å². The van der Waals surface area contributed by atoms with Gasteiger partial charge in [0.05, 0.1) is 11.7 Å². The predicted molar refractivity (Wildman–Crippen MR) is 85.0 cm³/mol. The molecule has 1 amide bonds. The summed E-state index contributed by atoms with van der Waals surface area (Å²) in [5.74, 6) is -0.414. The first-order valence-corrected chi connectivity index (χ1v) is 8.43. The van der Waals surface area contributed by atoms with E-state index in [-0.39, 0.29) is 17.9 Å². The number of hydrogen-bond acceptors (Lipinski definition) is 3. The Morgan fingerprint density at radius 3 is 2.74 bits per heavy atom. The van der Waals surface area contributed by atoms with E-state index in [1.165, 1.54) is 0 Å². The molecule has 1 saturated carbocycles. The maximum Gasteiger partial charge on any atom is 0.326 e. The fourth-order valence-corrected chi connectivity index (χ4v) is 4.43. The standard InChI is InChI=1S/C17H25N3O3/c1-10-7-11(2)20(18-10)12(3)8-15(21)19-9-13-5-4-6-14(13)16(19)17(22)23/h7,12-14,16H,4-6,8-9H2,1-3H3,(H,22,23)/t12-,13+,14+,16-/m1/s1. The summed E-state index contributed by atoms with van der Waals surface area (Å²) in [5, 5.41) is 14.0. The maximum absolute atomic E-state index is 12.7. The lowest BCUT2D eigenvalue weighted by Crippen LogP contribution is -2.43. The molecule has 1 aromatic heterocycles. The van der Waals surface area contributed by atoms with E-state index in [9.17, 15) is 14.7 Å². The lowest BCUT2D eigenvalue weighted by molar-refractivity contribution is -0.150. The Labute approximate surface area is 136 Å². The highest BCUT2D eigenvalue weighted by Gasteiger charge is 2.49. The molecule has 0 unspecified atom stereocenters. The average Bonchev–Trinajstić information content (AvgIpc) is 3.11. The third-order valence-electron chi connectivity index (χ3n) is 5.40.